The summed E-state index contributed by atoms with van der Waals surface area (Å²) in [5, 5.41) is 4.25. The van der Waals surface area contributed by atoms with E-state index in [0.29, 0.717) is 27.6 Å². The monoisotopic (exact) mass is 373 g/mol. The van der Waals surface area contributed by atoms with Crippen molar-refractivity contribution in [3.8, 4) is 17.2 Å². The summed E-state index contributed by atoms with van der Waals surface area (Å²) >= 11 is 1.49. The minimum absolute atomic E-state index is 0.292. The van der Waals surface area contributed by atoms with Crippen molar-refractivity contribution in [3.63, 3.8) is 0 Å². The number of rotatable bonds is 5. The molecule has 0 aliphatic rings. The van der Waals surface area contributed by atoms with Crippen molar-refractivity contribution in [2.45, 2.75) is 0 Å². The number of hydrogen-bond donors (Lipinski definition) is 1. The van der Waals surface area contributed by atoms with Crippen LogP contribution in [0.5, 0.6) is 17.2 Å². The second-order valence-electron chi connectivity index (χ2n) is 5.35. The predicted octanol–water partition coefficient (Wildman–Crippen LogP) is 2.51. The highest BCUT2D eigenvalue weighted by Crippen LogP contribution is 2.39. The predicted molar refractivity (Wildman–Crippen MR) is 99.9 cm³/mol. The highest BCUT2D eigenvalue weighted by Gasteiger charge is 2.20. The van der Waals surface area contributed by atoms with Crippen LogP contribution in [0.25, 0.3) is 10.2 Å². The van der Waals surface area contributed by atoms with E-state index in [9.17, 15) is 4.79 Å². The van der Waals surface area contributed by atoms with E-state index in [0.717, 1.165) is 10.2 Å². The molecule has 0 spiro atoms. The third kappa shape index (κ3) is 3.11. The molecule has 0 radical (unpaired) electrons. The molecule has 0 saturated heterocycles. The molecule has 0 aliphatic carbocycles. The van der Waals surface area contributed by atoms with Crippen molar-refractivity contribution in [1.82, 2.24) is 9.99 Å². The normalized spacial score (nSPS) is 11.5. The maximum atomic E-state index is 12.6. The third-order valence-electron chi connectivity index (χ3n) is 3.92. The molecule has 0 fully saturated rings. The first-order valence-electron chi connectivity index (χ1n) is 7.78. The maximum absolute atomic E-state index is 12.6. The molecule has 1 N–H and O–H groups in total. The molecule has 0 atom stereocenters. The van der Waals surface area contributed by atoms with Crippen LogP contribution < -0.4 is 24.4 Å². The van der Waals surface area contributed by atoms with Crippen LogP contribution in [-0.4, -0.2) is 31.8 Å². The number of nitrogens with one attached hydrogen (secondary N) is 1. The van der Waals surface area contributed by atoms with Gasteiger partial charge in [0.05, 0.1) is 37.1 Å². The van der Waals surface area contributed by atoms with Crippen molar-refractivity contribution in [2.24, 2.45) is 12.1 Å². The molecule has 8 heteroatoms. The molecule has 3 rings (SSSR count). The summed E-state index contributed by atoms with van der Waals surface area (Å²) in [5.41, 5.74) is 3.93. The highest BCUT2D eigenvalue weighted by atomic mass is 32.1. The number of para-hydroxylation sites is 1. The second-order valence-corrected chi connectivity index (χ2v) is 6.36. The number of carbonyl (C=O) groups is 1. The number of fused-ring (bicyclic) bond motifs is 1. The highest BCUT2D eigenvalue weighted by molar-refractivity contribution is 7.16. The molecular formula is C18H19N3O4S. The molecule has 2 aromatic carbocycles. The van der Waals surface area contributed by atoms with Gasteiger partial charge in [0.1, 0.15) is 0 Å². The molecule has 26 heavy (non-hydrogen) atoms. The lowest BCUT2D eigenvalue weighted by atomic mass is 10.1. The Hall–Kier alpha value is -3.00. The van der Waals surface area contributed by atoms with Crippen molar-refractivity contribution >= 4 is 27.5 Å². The number of amides is 1. The quantitative estimate of drug-likeness (QED) is 0.698. The average molecular weight is 373 g/mol. The largest absolute Gasteiger partial charge is 0.493 e. The number of aromatic nitrogens is 1. The summed E-state index contributed by atoms with van der Waals surface area (Å²) in [6.07, 6.45) is 0. The van der Waals surface area contributed by atoms with Crippen LogP contribution in [0.4, 0.5) is 0 Å². The van der Waals surface area contributed by atoms with Gasteiger partial charge < -0.3 is 18.8 Å². The van der Waals surface area contributed by atoms with E-state index in [1.54, 1.807) is 12.1 Å². The summed E-state index contributed by atoms with van der Waals surface area (Å²) in [5.74, 6) is 0.726. The molecule has 0 unspecified atom stereocenters. The number of ether oxygens (including phenoxy) is 3. The van der Waals surface area contributed by atoms with E-state index in [4.69, 9.17) is 14.2 Å². The Labute approximate surface area is 154 Å². The first-order chi connectivity index (χ1) is 12.6. The minimum Gasteiger partial charge on any atom is -0.493 e. The molecule has 136 valence electrons. The van der Waals surface area contributed by atoms with E-state index in [-0.39, 0.29) is 0 Å². The first-order valence-corrected chi connectivity index (χ1v) is 8.60. The Morgan fingerprint density at radius 3 is 2.42 bits per heavy atom. The van der Waals surface area contributed by atoms with Gasteiger partial charge in [-0.3, -0.25) is 4.79 Å². The number of hydrogen-bond acceptors (Lipinski definition) is 6. The van der Waals surface area contributed by atoms with Gasteiger partial charge in [-0.25, -0.2) is 5.43 Å². The summed E-state index contributed by atoms with van der Waals surface area (Å²) < 4.78 is 18.9. The Morgan fingerprint density at radius 2 is 1.77 bits per heavy atom. The van der Waals surface area contributed by atoms with Crippen LogP contribution >= 0.6 is 11.3 Å². The molecule has 1 aromatic heterocycles. The number of aryl methyl sites for hydroxylation is 1. The summed E-state index contributed by atoms with van der Waals surface area (Å²) in [7, 11) is 6.38. The number of benzene rings is 2. The fourth-order valence-corrected chi connectivity index (χ4v) is 3.61. The molecule has 7 nitrogen and oxygen atoms in total. The topological polar surface area (TPSA) is 74.1 Å². The Morgan fingerprint density at radius 1 is 1.04 bits per heavy atom. The zero-order valence-corrected chi connectivity index (χ0v) is 15.7. The Balaban J connectivity index is 1.96. The van der Waals surface area contributed by atoms with Crippen LogP contribution in [0, 0.1) is 0 Å². The van der Waals surface area contributed by atoms with Crippen LogP contribution in [0.1, 0.15) is 10.4 Å². The van der Waals surface area contributed by atoms with E-state index in [1.165, 1.54) is 32.7 Å². The van der Waals surface area contributed by atoms with Crippen LogP contribution in [0.15, 0.2) is 41.5 Å². The number of thiazole rings is 1. The lowest BCUT2D eigenvalue weighted by Gasteiger charge is -2.14. The van der Waals surface area contributed by atoms with Gasteiger partial charge in [-0.2, -0.15) is 0 Å². The summed E-state index contributed by atoms with van der Waals surface area (Å²) in [4.78, 5) is 13.3. The van der Waals surface area contributed by atoms with Crippen molar-refractivity contribution in [3.05, 3.63) is 46.8 Å². The molecule has 0 bridgehead atoms. The maximum Gasteiger partial charge on any atom is 0.275 e. The van der Waals surface area contributed by atoms with E-state index in [2.05, 4.69) is 10.5 Å². The first kappa shape index (κ1) is 17.8. The molecule has 1 heterocycles. The van der Waals surface area contributed by atoms with E-state index in [1.807, 2.05) is 35.9 Å². The minimum atomic E-state index is -0.403. The molecule has 1 amide bonds. The van der Waals surface area contributed by atoms with Gasteiger partial charge in [0, 0.05) is 7.05 Å². The standard InChI is InChI=1S/C18H19N3O4S/c1-21-12-7-5-6-8-14(12)26-18(21)20-19-17(22)11-9-10-13(23-2)16(25-4)15(11)24-3/h5-10H,1-4H3,(H,19,22)/b20-18-. The molecule has 0 saturated carbocycles. The Bertz CT molecular complexity index is 1020. The van der Waals surface area contributed by atoms with E-state index < -0.39 is 5.91 Å². The second kappa shape index (κ2) is 7.49. The third-order valence-corrected chi connectivity index (χ3v) is 5.03. The smallest absolute Gasteiger partial charge is 0.275 e. The number of methoxy groups -OCH3 is 3. The zero-order chi connectivity index (χ0) is 18.7. The lowest BCUT2D eigenvalue weighted by molar-refractivity contribution is 0.0949. The fourth-order valence-electron chi connectivity index (χ4n) is 2.63. The average Bonchev–Trinajstić information content (AvgIpc) is 3.00. The van der Waals surface area contributed by atoms with Crippen molar-refractivity contribution in [1.29, 1.82) is 0 Å². The molecule has 3 aromatic rings. The van der Waals surface area contributed by atoms with Crippen molar-refractivity contribution < 1.29 is 19.0 Å². The molecule has 0 aliphatic heterocycles. The van der Waals surface area contributed by atoms with Crippen LogP contribution in [0.2, 0.25) is 0 Å². The van der Waals surface area contributed by atoms with Gasteiger partial charge in [0.15, 0.2) is 11.5 Å². The fraction of sp³-hybridized carbons (Fsp3) is 0.222. The summed E-state index contributed by atoms with van der Waals surface area (Å²) in [6, 6.07) is 11.2. The zero-order valence-electron chi connectivity index (χ0n) is 14.9. The van der Waals surface area contributed by atoms with E-state index >= 15 is 0 Å². The molecular weight excluding hydrogens is 354 g/mol. The summed E-state index contributed by atoms with van der Waals surface area (Å²) in [6.45, 7) is 0. The Kier molecular flexibility index (Phi) is 5.13. The SMILES string of the molecule is COc1ccc(C(=O)N/N=c2\sc3ccccc3n2C)c(OC)c1OC. The number of nitrogens with zero attached hydrogens (tertiary/aromatic N) is 2. The van der Waals surface area contributed by atoms with Crippen LogP contribution in [-0.2, 0) is 7.05 Å². The van der Waals surface area contributed by atoms with Gasteiger partial charge in [0.2, 0.25) is 10.6 Å². The van der Waals surface area contributed by atoms with Gasteiger partial charge >= 0.3 is 0 Å². The van der Waals surface area contributed by atoms with Gasteiger partial charge in [-0.15, -0.1) is 5.10 Å². The van der Waals surface area contributed by atoms with Crippen LogP contribution in [0.3, 0.4) is 0 Å². The van der Waals surface area contributed by atoms with Gasteiger partial charge in [0.25, 0.3) is 5.91 Å². The van der Waals surface area contributed by atoms with Gasteiger partial charge in [-0.1, -0.05) is 23.5 Å². The lowest BCUT2D eigenvalue weighted by Crippen LogP contribution is -2.23. The van der Waals surface area contributed by atoms with Crippen molar-refractivity contribution in [2.75, 3.05) is 21.3 Å². The number of carbonyl (C=O) groups excluding carboxylic acids is 1. The van der Waals surface area contributed by atoms with Gasteiger partial charge in [-0.05, 0) is 24.3 Å².